The van der Waals surface area contributed by atoms with Crippen molar-refractivity contribution in [1.29, 1.82) is 0 Å². The first kappa shape index (κ1) is 15.6. The van der Waals surface area contributed by atoms with Crippen LogP contribution in [0, 0.1) is 5.82 Å². The molecule has 1 aliphatic heterocycles. The standard InChI is InChI=1S/C16H17FN2OS2/c1-2-3-9-22-16-18-13-8-10-21-14(13)15(20)19(16)12-6-4-11(17)5-7-12/h4-7H,2-3,8-10H2,1H3. The second kappa shape index (κ2) is 6.87. The number of unbranched alkanes of at least 4 members (excludes halogenated alkanes) is 1. The van der Waals surface area contributed by atoms with Crippen molar-refractivity contribution >= 4 is 23.5 Å². The molecule has 1 aromatic carbocycles. The molecule has 0 fully saturated rings. The summed E-state index contributed by atoms with van der Waals surface area (Å²) in [5.74, 6) is 1.53. The van der Waals surface area contributed by atoms with Gasteiger partial charge >= 0.3 is 0 Å². The molecule has 1 aromatic heterocycles. The smallest absolute Gasteiger partial charge is 0.268 e. The Kier molecular flexibility index (Phi) is 4.88. The summed E-state index contributed by atoms with van der Waals surface area (Å²) in [4.78, 5) is 18.2. The Labute approximate surface area is 137 Å². The molecule has 3 rings (SSSR count). The fraction of sp³-hybridized carbons (Fsp3) is 0.375. The topological polar surface area (TPSA) is 34.9 Å². The van der Waals surface area contributed by atoms with Gasteiger partial charge in [0.2, 0.25) is 0 Å². The van der Waals surface area contributed by atoms with Crippen molar-refractivity contribution in [2.75, 3.05) is 11.5 Å². The maximum atomic E-state index is 13.2. The van der Waals surface area contributed by atoms with Crippen molar-refractivity contribution in [2.24, 2.45) is 0 Å². The van der Waals surface area contributed by atoms with Crippen LogP contribution in [0.5, 0.6) is 0 Å². The lowest BCUT2D eigenvalue weighted by Crippen LogP contribution is -2.23. The second-order valence-electron chi connectivity index (χ2n) is 5.09. The Morgan fingerprint density at radius 1 is 1.36 bits per heavy atom. The number of fused-ring (bicyclic) bond motifs is 1. The summed E-state index contributed by atoms with van der Waals surface area (Å²) in [7, 11) is 0. The van der Waals surface area contributed by atoms with E-state index in [2.05, 4.69) is 6.92 Å². The highest BCUT2D eigenvalue weighted by molar-refractivity contribution is 7.99. The zero-order chi connectivity index (χ0) is 15.5. The largest absolute Gasteiger partial charge is 0.272 e. The van der Waals surface area contributed by atoms with E-state index in [-0.39, 0.29) is 11.4 Å². The molecule has 0 spiro atoms. The summed E-state index contributed by atoms with van der Waals surface area (Å²) in [6.07, 6.45) is 3.03. The van der Waals surface area contributed by atoms with Crippen LogP contribution in [-0.4, -0.2) is 21.1 Å². The summed E-state index contributed by atoms with van der Waals surface area (Å²) >= 11 is 3.16. The molecule has 3 nitrogen and oxygen atoms in total. The summed E-state index contributed by atoms with van der Waals surface area (Å²) in [6, 6.07) is 6.02. The van der Waals surface area contributed by atoms with Crippen molar-refractivity contribution < 1.29 is 4.39 Å². The Morgan fingerprint density at radius 2 is 2.14 bits per heavy atom. The van der Waals surface area contributed by atoms with E-state index < -0.39 is 0 Å². The van der Waals surface area contributed by atoms with Crippen LogP contribution < -0.4 is 5.56 Å². The van der Waals surface area contributed by atoms with Gasteiger partial charge in [0, 0.05) is 17.9 Å². The van der Waals surface area contributed by atoms with Crippen molar-refractivity contribution in [1.82, 2.24) is 9.55 Å². The zero-order valence-corrected chi connectivity index (χ0v) is 14.0. The Hall–Kier alpha value is -1.27. The van der Waals surface area contributed by atoms with Gasteiger partial charge in [-0.1, -0.05) is 25.1 Å². The molecule has 6 heteroatoms. The summed E-state index contributed by atoms with van der Waals surface area (Å²) in [5.41, 5.74) is 1.55. The molecule has 0 amide bonds. The predicted molar refractivity (Wildman–Crippen MR) is 89.9 cm³/mol. The maximum Gasteiger partial charge on any atom is 0.272 e. The lowest BCUT2D eigenvalue weighted by molar-refractivity contribution is 0.626. The monoisotopic (exact) mass is 336 g/mol. The van der Waals surface area contributed by atoms with Crippen LogP contribution in [-0.2, 0) is 6.42 Å². The number of thioether (sulfide) groups is 2. The van der Waals surface area contributed by atoms with Crippen molar-refractivity contribution in [3.63, 3.8) is 0 Å². The Morgan fingerprint density at radius 3 is 2.86 bits per heavy atom. The SMILES string of the molecule is CCCCSc1nc2c(c(=O)n1-c1ccc(F)cc1)SCC2. The van der Waals surface area contributed by atoms with Crippen molar-refractivity contribution in [2.45, 2.75) is 36.2 Å². The molecule has 0 aliphatic carbocycles. The highest BCUT2D eigenvalue weighted by Crippen LogP contribution is 2.30. The van der Waals surface area contributed by atoms with Gasteiger partial charge in [-0.25, -0.2) is 9.37 Å². The Bertz CT molecular complexity index is 728. The van der Waals surface area contributed by atoms with Crippen LogP contribution in [0.2, 0.25) is 0 Å². The van der Waals surface area contributed by atoms with E-state index in [0.717, 1.165) is 41.4 Å². The molecular weight excluding hydrogens is 319 g/mol. The molecule has 1 aliphatic rings. The van der Waals surface area contributed by atoms with Crippen molar-refractivity contribution in [3.05, 3.63) is 46.1 Å². The first-order chi connectivity index (χ1) is 10.7. The van der Waals surface area contributed by atoms with Gasteiger partial charge in [0.25, 0.3) is 5.56 Å². The van der Waals surface area contributed by atoms with Crippen molar-refractivity contribution in [3.8, 4) is 5.69 Å². The molecule has 0 radical (unpaired) electrons. The number of benzene rings is 1. The number of hydrogen-bond donors (Lipinski definition) is 0. The molecular formula is C16H17FN2OS2. The highest BCUT2D eigenvalue weighted by Gasteiger charge is 2.22. The summed E-state index contributed by atoms with van der Waals surface area (Å²) in [6.45, 7) is 2.14. The molecule has 22 heavy (non-hydrogen) atoms. The number of nitrogens with zero attached hydrogens (tertiary/aromatic N) is 2. The summed E-state index contributed by atoms with van der Waals surface area (Å²) in [5, 5.41) is 0.714. The molecule has 0 atom stereocenters. The highest BCUT2D eigenvalue weighted by atomic mass is 32.2. The fourth-order valence-electron chi connectivity index (χ4n) is 2.31. The normalized spacial score (nSPS) is 13.4. The number of aromatic nitrogens is 2. The minimum absolute atomic E-state index is 0.0295. The minimum atomic E-state index is -0.305. The van der Waals surface area contributed by atoms with E-state index in [4.69, 9.17) is 4.98 Å². The van der Waals surface area contributed by atoms with Crippen LogP contribution in [0.15, 0.2) is 39.1 Å². The fourth-order valence-corrected chi connectivity index (χ4v) is 4.45. The first-order valence-electron chi connectivity index (χ1n) is 7.38. The number of halogens is 1. The van der Waals surface area contributed by atoms with Gasteiger partial charge in [0.1, 0.15) is 5.82 Å². The Balaban J connectivity index is 2.09. The van der Waals surface area contributed by atoms with E-state index in [0.29, 0.717) is 10.8 Å². The van der Waals surface area contributed by atoms with Crippen LogP contribution in [0.3, 0.4) is 0 Å². The lowest BCUT2D eigenvalue weighted by atomic mass is 10.3. The number of aryl methyl sites for hydroxylation is 1. The van der Waals surface area contributed by atoms with Crippen LogP contribution in [0.25, 0.3) is 5.69 Å². The maximum absolute atomic E-state index is 13.2. The first-order valence-corrected chi connectivity index (χ1v) is 9.35. The third kappa shape index (κ3) is 3.08. The van der Waals surface area contributed by atoms with Crippen LogP contribution in [0.4, 0.5) is 4.39 Å². The van der Waals surface area contributed by atoms with E-state index in [1.54, 1.807) is 40.2 Å². The lowest BCUT2D eigenvalue weighted by Gasteiger charge is -2.13. The van der Waals surface area contributed by atoms with E-state index in [1.807, 2.05) is 0 Å². The van der Waals surface area contributed by atoms with E-state index >= 15 is 0 Å². The minimum Gasteiger partial charge on any atom is -0.268 e. The quantitative estimate of drug-likeness (QED) is 0.471. The molecule has 0 saturated carbocycles. The molecule has 2 aromatic rings. The summed E-state index contributed by atoms with van der Waals surface area (Å²) < 4.78 is 14.8. The zero-order valence-electron chi connectivity index (χ0n) is 12.3. The molecule has 0 unspecified atom stereocenters. The van der Waals surface area contributed by atoms with Gasteiger partial charge in [-0.3, -0.25) is 9.36 Å². The van der Waals surface area contributed by atoms with Gasteiger partial charge in [-0.15, -0.1) is 11.8 Å². The molecule has 0 bridgehead atoms. The third-order valence-corrected chi connectivity index (χ3v) is 5.61. The van der Waals surface area contributed by atoms with Crippen LogP contribution in [0.1, 0.15) is 25.5 Å². The predicted octanol–water partition coefficient (Wildman–Crippen LogP) is 3.91. The number of rotatable bonds is 5. The van der Waals surface area contributed by atoms with Gasteiger partial charge in [-0.05, 0) is 30.7 Å². The molecule has 0 N–H and O–H groups in total. The molecule has 0 saturated heterocycles. The van der Waals surface area contributed by atoms with E-state index in [9.17, 15) is 9.18 Å². The molecule has 2 heterocycles. The van der Waals surface area contributed by atoms with Gasteiger partial charge in [0.05, 0.1) is 16.3 Å². The molecule has 116 valence electrons. The van der Waals surface area contributed by atoms with Gasteiger partial charge in [0.15, 0.2) is 5.16 Å². The third-order valence-electron chi connectivity index (χ3n) is 3.48. The van der Waals surface area contributed by atoms with Gasteiger partial charge in [-0.2, -0.15) is 0 Å². The van der Waals surface area contributed by atoms with E-state index in [1.165, 1.54) is 12.1 Å². The van der Waals surface area contributed by atoms with Gasteiger partial charge < -0.3 is 0 Å². The average molecular weight is 336 g/mol. The second-order valence-corrected chi connectivity index (χ2v) is 7.25. The van der Waals surface area contributed by atoms with Crippen LogP contribution >= 0.6 is 23.5 Å². The number of hydrogen-bond acceptors (Lipinski definition) is 4. The average Bonchev–Trinajstić information content (AvgIpc) is 2.98.